The fourth-order valence-electron chi connectivity index (χ4n) is 2.36. The van der Waals surface area contributed by atoms with Crippen LogP contribution in [0.15, 0.2) is 35.1 Å². The van der Waals surface area contributed by atoms with Gasteiger partial charge in [-0.1, -0.05) is 35.3 Å². The molecule has 3 aromatic rings. The van der Waals surface area contributed by atoms with Crippen molar-refractivity contribution in [1.82, 2.24) is 20.2 Å². The third-order valence-corrected chi connectivity index (χ3v) is 4.38. The summed E-state index contributed by atoms with van der Waals surface area (Å²) in [4.78, 5) is 11.8. The van der Waals surface area contributed by atoms with Gasteiger partial charge in [0.1, 0.15) is 12.4 Å². The predicted molar refractivity (Wildman–Crippen MR) is 92.2 cm³/mol. The zero-order valence-electron chi connectivity index (χ0n) is 13.0. The van der Waals surface area contributed by atoms with Crippen molar-refractivity contribution in [2.45, 2.75) is 20.5 Å². The van der Waals surface area contributed by atoms with Crippen LogP contribution >= 0.6 is 23.2 Å². The Bertz CT molecular complexity index is 949. The van der Waals surface area contributed by atoms with Crippen LogP contribution in [0.25, 0.3) is 5.69 Å². The summed E-state index contributed by atoms with van der Waals surface area (Å²) in [5.41, 5.74) is 2.63. The number of rotatable bonds is 4. The van der Waals surface area contributed by atoms with Gasteiger partial charge in [-0.05, 0) is 53.6 Å². The molecule has 1 aromatic heterocycles. The van der Waals surface area contributed by atoms with Crippen LogP contribution in [0.2, 0.25) is 10.0 Å². The van der Waals surface area contributed by atoms with Crippen molar-refractivity contribution in [2.75, 3.05) is 0 Å². The first-order valence-corrected chi connectivity index (χ1v) is 7.90. The number of benzene rings is 2. The number of nitrogens with one attached hydrogen (secondary N) is 1. The smallest absolute Gasteiger partial charge is 0.365 e. The second-order valence-electron chi connectivity index (χ2n) is 5.31. The lowest BCUT2D eigenvalue weighted by molar-refractivity contribution is 0.303. The Hall–Kier alpha value is -2.31. The molecule has 0 fully saturated rings. The molecule has 0 bridgehead atoms. The molecule has 0 amide bonds. The molecule has 6 nitrogen and oxygen atoms in total. The Labute approximate surface area is 148 Å². The zero-order valence-corrected chi connectivity index (χ0v) is 14.5. The molecule has 0 saturated heterocycles. The van der Waals surface area contributed by atoms with E-state index in [4.69, 9.17) is 27.9 Å². The lowest BCUT2D eigenvalue weighted by Crippen LogP contribution is -2.18. The molecule has 8 heteroatoms. The number of hydrogen-bond donors (Lipinski definition) is 1. The Kier molecular flexibility index (Phi) is 4.59. The van der Waals surface area contributed by atoms with E-state index in [-0.39, 0.29) is 6.61 Å². The van der Waals surface area contributed by atoms with Crippen molar-refractivity contribution in [1.29, 1.82) is 0 Å². The molecule has 0 radical (unpaired) electrons. The molecule has 1 N–H and O–H groups in total. The van der Waals surface area contributed by atoms with Crippen molar-refractivity contribution in [3.8, 4) is 11.4 Å². The van der Waals surface area contributed by atoms with Crippen LogP contribution in [0.5, 0.6) is 5.75 Å². The van der Waals surface area contributed by atoms with Crippen molar-refractivity contribution in [3.05, 3.63) is 67.6 Å². The van der Waals surface area contributed by atoms with E-state index in [0.29, 0.717) is 27.0 Å². The first-order chi connectivity index (χ1) is 11.5. The Morgan fingerprint density at radius 3 is 2.67 bits per heavy atom. The van der Waals surface area contributed by atoms with Gasteiger partial charge in [0.25, 0.3) is 0 Å². The van der Waals surface area contributed by atoms with Gasteiger partial charge in [-0.25, -0.2) is 9.89 Å². The number of ether oxygens (including phenoxy) is 1. The fourth-order valence-corrected chi connectivity index (χ4v) is 2.73. The van der Waals surface area contributed by atoms with E-state index in [1.165, 1.54) is 0 Å². The number of hydrogen-bond acceptors (Lipinski definition) is 4. The quantitative estimate of drug-likeness (QED) is 0.769. The van der Waals surface area contributed by atoms with E-state index < -0.39 is 5.69 Å². The van der Waals surface area contributed by atoms with Gasteiger partial charge in [0.05, 0.1) is 5.69 Å². The van der Waals surface area contributed by atoms with Gasteiger partial charge < -0.3 is 4.74 Å². The Morgan fingerprint density at radius 2 is 1.96 bits per heavy atom. The number of tetrazole rings is 1. The van der Waals surface area contributed by atoms with Crippen LogP contribution in [0.4, 0.5) is 0 Å². The van der Waals surface area contributed by atoms with Crippen molar-refractivity contribution >= 4 is 23.2 Å². The minimum absolute atomic E-state index is 0.161. The summed E-state index contributed by atoms with van der Waals surface area (Å²) in [6.07, 6.45) is 0. The molecule has 0 saturated carbocycles. The first-order valence-electron chi connectivity index (χ1n) is 7.15. The second kappa shape index (κ2) is 6.67. The zero-order chi connectivity index (χ0) is 17.3. The van der Waals surface area contributed by atoms with Gasteiger partial charge in [-0.15, -0.1) is 0 Å². The molecule has 0 aliphatic rings. The number of halogens is 2. The van der Waals surface area contributed by atoms with Crippen molar-refractivity contribution < 1.29 is 4.74 Å². The largest absolute Gasteiger partial charge is 0.488 e. The predicted octanol–water partition coefficient (Wildman–Crippen LogP) is 3.46. The molecular weight excluding hydrogens is 351 g/mol. The van der Waals surface area contributed by atoms with E-state index >= 15 is 0 Å². The Morgan fingerprint density at radius 1 is 1.17 bits per heavy atom. The molecule has 0 aliphatic carbocycles. The summed E-state index contributed by atoms with van der Waals surface area (Å²) in [6, 6.07) is 8.90. The highest BCUT2D eigenvalue weighted by Gasteiger charge is 2.14. The number of aryl methyl sites for hydroxylation is 2. The SMILES string of the molecule is Cc1cc(C)c(OCc2c(Cl)cccc2-n2nn[nH]c2=O)cc1Cl. The summed E-state index contributed by atoms with van der Waals surface area (Å²) in [7, 11) is 0. The topological polar surface area (TPSA) is 72.8 Å². The molecule has 0 atom stereocenters. The van der Waals surface area contributed by atoms with E-state index in [2.05, 4.69) is 15.5 Å². The molecule has 24 heavy (non-hydrogen) atoms. The van der Waals surface area contributed by atoms with Gasteiger partial charge in [-0.3, -0.25) is 0 Å². The third kappa shape index (κ3) is 3.16. The van der Waals surface area contributed by atoms with E-state index in [1.54, 1.807) is 24.3 Å². The van der Waals surface area contributed by atoms with Crippen LogP contribution in [-0.2, 0) is 6.61 Å². The van der Waals surface area contributed by atoms with Crippen LogP contribution < -0.4 is 10.4 Å². The maximum Gasteiger partial charge on any atom is 0.365 e. The highest BCUT2D eigenvalue weighted by Crippen LogP contribution is 2.29. The summed E-state index contributed by atoms with van der Waals surface area (Å²) in [5, 5.41) is 10.6. The van der Waals surface area contributed by atoms with Crippen LogP contribution in [0, 0.1) is 13.8 Å². The molecule has 124 valence electrons. The van der Waals surface area contributed by atoms with E-state index in [1.807, 2.05) is 19.9 Å². The van der Waals surface area contributed by atoms with Gasteiger partial charge in [-0.2, -0.15) is 4.68 Å². The standard InChI is InChI=1S/C16H14Cl2N4O2/c1-9-6-10(2)15(7-13(9)18)24-8-11-12(17)4-3-5-14(11)22-16(23)19-20-21-22/h3-7H,8H2,1-2H3,(H,19,21,23). The van der Waals surface area contributed by atoms with Crippen molar-refractivity contribution in [2.24, 2.45) is 0 Å². The van der Waals surface area contributed by atoms with Gasteiger partial charge in [0.15, 0.2) is 0 Å². The maximum absolute atomic E-state index is 11.8. The average molecular weight is 365 g/mol. The number of aromatic amines is 1. The number of aromatic nitrogens is 4. The number of H-pyrrole nitrogens is 1. The maximum atomic E-state index is 11.8. The summed E-state index contributed by atoms with van der Waals surface area (Å²) >= 11 is 12.4. The van der Waals surface area contributed by atoms with E-state index in [9.17, 15) is 4.79 Å². The molecular formula is C16H14Cl2N4O2. The molecule has 2 aromatic carbocycles. The van der Waals surface area contributed by atoms with Gasteiger partial charge >= 0.3 is 5.69 Å². The highest BCUT2D eigenvalue weighted by molar-refractivity contribution is 6.31. The van der Waals surface area contributed by atoms with Crippen LogP contribution in [-0.4, -0.2) is 20.2 Å². The summed E-state index contributed by atoms with van der Waals surface area (Å²) in [6.45, 7) is 4.03. The molecule has 3 rings (SSSR count). The van der Waals surface area contributed by atoms with Gasteiger partial charge in [0, 0.05) is 15.6 Å². The molecule has 0 spiro atoms. The summed E-state index contributed by atoms with van der Waals surface area (Å²) < 4.78 is 7.01. The first kappa shape index (κ1) is 16.5. The molecule has 0 aliphatic heterocycles. The van der Waals surface area contributed by atoms with Crippen LogP contribution in [0.1, 0.15) is 16.7 Å². The molecule has 0 unspecified atom stereocenters. The average Bonchev–Trinajstić information content (AvgIpc) is 2.96. The summed E-state index contributed by atoms with van der Waals surface area (Å²) in [5.74, 6) is 0.656. The van der Waals surface area contributed by atoms with Crippen LogP contribution in [0.3, 0.4) is 0 Å². The monoisotopic (exact) mass is 364 g/mol. The number of nitrogens with zero attached hydrogens (tertiary/aromatic N) is 3. The minimum atomic E-state index is -0.451. The second-order valence-corrected chi connectivity index (χ2v) is 6.13. The fraction of sp³-hybridized carbons (Fsp3) is 0.188. The lowest BCUT2D eigenvalue weighted by atomic mass is 10.1. The highest BCUT2D eigenvalue weighted by atomic mass is 35.5. The molecule has 1 heterocycles. The minimum Gasteiger partial charge on any atom is -0.488 e. The Balaban J connectivity index is 1.95. The van der Waals surface area contributed by atoms with Gasteiger partial charge in [0.2, 0.25) is 0 Å². The normalized spacial score (nSPS) is 10.8. The van der Waals surface area contributed by atoms with Crippen molar-refractivity contribution in [3.63, 3.8) is 0 Å². The third-order valence-electron chi connectivity index (χ3n) is 3.62. The lowest BCUT2D eigenvalue weighted by Gasteiger charge is -2.14. The van der Waals surface area contributed by atoms with E-state index in [0.717, 1.165) is 15.8 Å².